The van der Waals surface area contributed by atoms with Gasteiger partial charge in [-0.25, -0.2) is 9.78 Å². The molecule has 4 heterocycles. The number of amides is 1. The molecule has 0 aromatic carbocycles. The monoisotopic (exact) mass is 596 g/mol. The number of Topliss-reactive ketones (excluding diaryl/α,β-unsaturated/α-hetero) is 2. The van der Waals surface area contributed by atoms with Gasteiger partial charge < -0.3 is 31.3 Å². The van der Waals surface area contributed by atoms with E-state index < -0.39 is 58.8 Å². The smallest absolute Gasteiger partial charge is 0.332 e. The van der Waals surface area contributed by atoms with Crippen molar-refractivity contribution in [2.75, 3.05) is 44.8 Å². The normalized spacial score (nSPS) is 31.6. The van der Waals surface area contributed by atoms with Gasteiger partial charge in [0.2, 0.25) is 0 Å². The quantitative estimate of drug-likeness (QED) is 0.171. The zero-order chi connectivity index (χ0) is 28.7. The zero-order valence-corrected chi connectivity index (χ0v) is 22.9. The average molecular weight is 597 g/mol. The van der Waals surface area contributed by atoms with E-state index in [1.54, 1.807) is 12.1 Å². The van der Waals surface area contributed by atoms with Gasteiger partial charge in [-0.15, -0.1) is 11.3 Å². The molecule has 3 fully saturated rings. The van der Waals surface area contributed by atoms with Crippen molar-refractivity contribution in [2.45, 2.75) is 29.9 Å². The third-order valence-electron chi connectivity index (χ3n) is 7.23. The van der Waals surface area contributed by atoms with Crippen LogP contribution in [0.2, 0.25) is 0 Å². The van der Waals surface area contributed by atoms with Gasteiger partial charge in [-0.3, -0.25) is 19.2 Å². The Kier molecular flexibility index (Phi) is 8.23. The van der Waals surface area contributed by atoms with E-state index in [0.29, 0.717) is 24.3 Å². The minimum Gasteiger partial charge on any atom is -0.478 e. The molecule has 1 aromatic heterocycles. The Morgan fingerprint density at radius 1 is 1.32 bits per heavy atom. The van der Waals surface area contributed by atoms with E-state index in [9.17, 15) is 34.6 Å². The first kappa shape index (κ1) is 28.6. The predicted molar refractivity (Wildman–Crippen MR) is 140 cm³/mol. The van der Waals surface area contributed by atoms with E-state index in [1.807, 2.05) is 0 Å². The van der Waals surface area contributed by atoms with Crippen LogP contribution in [-0.4, -0.2) is 122 Å². The zero-order valence-electron chi connectivity index (χ0n) is 21.3. The summed E-state index contributed by atoms with van der Waals surface area (Å²) in [6, 6.07) is -0.968. The molecule has 1 aromatic rings. The SMILES string of the molecule is CN1CC[C@@H](C2=C(C(=O)O)C3C(=O)[C@@H](NC(=O)/C(=N\OCC4CN(O)CC(O)C4=O)c4csc(N)n4)[C@H]3SC2)O1. The highest BCUT2D eigenvalue weighted by Gasteiger charge is 2.57. The fourth-order valence-electron chi connectivity index (χ4n) is 5.22. The molecule has 216 valence electrons. The Morgan fingerprint density at radius 2 is 2.10 bits per heavy atom. The summed E-state index contributed by atoms with van der Waals surface area (Å²) in [6.07, 6.45) is -1.17. The molecule has 5 rings (SSSR count). The van der Waals surface area contributed by atoms with Crippen LogP contribution in [0.5, 0.6) is 0 Å². The van der Waals surface area contributed by atoms with Crippen molar-refractivity contribution in [1.82, 2.24) is 20.4 Å². The molecular weight excluding hydrogens is 568 g/mol. The van der Waals surface area contributed by atoms with Crippen LogP contribution in [-0.2, 0) is 28.9 Å². The number of aromatic nitrogens is 1. The number of oxime groups is 1. The maximum atomic E-state index is 13.3. The number of nitrogens with zero attached hydrogens (tertiary/aromatic N) is 4. The molecule has 2 saturated heterocycles. The number of piperidine rings is 1. The van der Waals surface area contributed by atoms with Gasteiger partial charge in [0, 0.05) is 36.5 Å². The third kappa shape index (κ3) is 5.50. The van der Waals surface area contributed by atoms with Crippen LogP contribution in [0.3, 0.4) is 0 Å². The summed E-state index contributed by atoms with van der Waals surface area (Å²) in [4.78, 5) is 65.9. The molecule has 0 radical (unpaired) electrons. The van der Waals surface area contributed by atoms with Gasteiger partial charge in [0.15, 0.2) is 22.4 Å². The summed E-state index contributed by atoms with van der Waals surface area (Å²) in [5.74, 6) is -4.38. The molecule has 4 aliphatic rings. The van der Waals surface area contributed by atoms with E-state index in [1.165, 1.54) is 17.1 Å². The number of carbonyl (C=O) groups is 4. The van der Waals surface area contributed by atoms with Crippen molar-refractivity contribution in [3.63, 3.8) is 0 Å². The van der Waals surface area contributed by atoms with Crippen molar-refractivity contribution < 1.29 is 44.3 Å². The maximum Gasteiger partial charge on any atom is 0.332 e. The number of thioether (sulfide) groups is 1. The fourth-order valence-corrected chi connectivity index (χ4v) is 7.34. The molecule has 6 atom stereocenters. The number of ketones is 2. The Balaban J connectivity index is 1.30. The Bertz CT molecular complexity index is 1290. The summed E-state index contributed by atoms with van der Waals surface area (Å²) in [7, 11) is 1.76. The number of β-amino-alcohol motifs (C(OH)–C–C–N with tert-alkyl or cyclic N) is 1. The number of thiazole rings is 1. The van der Waals surface area contributed by atoms with Crippen LogP contribution in [0.15, 0.2) is 21.7 Å². The minimum atomic E-state index is -1.38. The number of carboxylic acid groups (broad SMARTS) is 1. The van der Waals surface area contributed by atoms with Gasteiger partial charge >= 0.3 is 5.97 Å². The molecular formula is C23H28N6O9S2. The van der Waals surface area contributed by atoms with E-state index in [2.05, 4.69) is 15.5 Å². The largest absolute Gasteiger partial charge is 0.478 e. The highest BCUT2D eigenvalue weighted by atomic mass is 32.2. The van der Waals surface area contributed by atoms with E-state index in [-0.39, 0.29) is 41.8 Å². The van der Waals surface area contributed by atoms with Crippen LogP contribution < -0.4 is 11.1 Å². The molecule has 1 saturated carbocycles. The standard InChI is InChI=1S/C23H28N6O9S2/c1-28-3-2-13(38-28)10-7-39-20-15(14(10)22(34)35)19(32)17(20)26-21(33)16(11-8-40-23(24)25-11)27-37-6-9-4-29(36)5-12(30)18(9)31/h8-9,12-13,15,17,20,30,36H,2-7H2,1H3,(H2,24,25)(H,26,33)(H,34,35)/b27-16-/t9?,12?,13-,15?,17+,20-/m0/s1. The number of nitrogens with two attached hydrogens (primary N) is 1. The summed E-state index contributed by atoms with van der Waals surface area (Å²) in [6.45, 7) is 0.00770. The highest BCUT2D eigenvalue weighted by molar-refractivity contribution is 8.00. The van der Waals surface area contributed by atoms with E-state index >= 15 is 0 Å². The summed E-state index contributed by atoms with van der Waals surface area (Å²) < 4.78 is 0. The average Bonchev–Trinajstić information content (AvgIpc) is 3.54. The molecule has 0 spiro atoms. The molecule has 17 heteroatoms. The first-order valence-electron chi connectivity index (χ1n) is 12.4. The minimum absolute atomic E-state index is 0.0290. The Morgan fingerprint density at radius 3 is 2.75 bits per heavy atom. The molecule has 0 bridgehead atoms. The van der Waals surface area contributed by atoms with Gasteiger partial charge in [-0.2, -0.15) is 21.9 Å². The van der Waals surface area contributed by atoms with Gasteiger partial charge in [-0.05, 0) is 12.0 Å². The van der Waals surface area contributed by atoms with Crippen molar-refractivity contribution in [1.29, 1.82) is 0 Å². The number of aliphatic hydroxyl groups is 1. The maximum absolute atomic E-state index is 13.3. The Labute approximate surface area is 235 Å². The number of hydrogen-bond acceptors (Lipinski definition) is 15. The number of nitrogen functional groups attached to an aromatic ring is 1. The third-order valence-corrected chi connectivity index (χ3v) is 9.31. The lowest BCUT2D eigenvalue weighted by molar-refractivity contribution is -0.170. The van der Waals surface area contributed by atoms with Crippen LogP contribution >= 0.6 is 23.1 Å². The Hall–Kier alpha value is -2.93. The van der Waals surface area contributed by atoms with Crippen LogP contribution in [0, 0.1) is 11.8 Å². The lowest BCUT2D eigenvalue weighted by atomic mass is 9.71. The molecule has 1 aliphatic carbocycles. The first-order valence-corrected chi connectivity index (χ1v) is 14.3. The van der Waals surface area contributed by atoms with Gasteiger partial charge in [0.25, 0.3) is 5.91 Å². The number of hydroxylamine groups is 4. The second kappa shape index (κ2) is 11.5. The number of nitrogens with one attached hydrogen (secondary N) is 1. The molecule has 15 nitrogen and oxygen atoms in total. The first-order chi connectivity index (χ1) is 19.0. The predicted octanol–water partition coefficient (Wildman–Crippen LogP) is -1.49. The van der Waals surface area contributed by atoms with Crippen molar-refractivity contribution >= 4 is 57.4 Å². The van der Waals surface area contributed by atoms with Crippen LogP contribution in [0.1, 0.15) is 12.1 Å². The molecule has 40 heavy (non-hydrogen) atoms. The molecule has 3 aliphatic heterocycles. The molecule has 6 N–H and O–H groups in total. The van der Waals surface area contributed by atoms with Gasteiger partial charge in [-0.1, -0.05) is 5.16 Å². The second-order valence-corrected chi connectivity index (χ2v) is 11.9. The lowest BCUT2D eigenvalue weighted by Crippen LogP contribution is -2.66. The number of anilines is 1. The number of aliphatic carboxylic acids is 1. The van der Waals surface area contributed by atoms with Crippen molar-refractivity contribution in [3.05, 3.63) is 22.2 Å². The molecule has 3 unspecified atom stereocenters. The highest BCUT2D eigenvalue weighted by Crippen LogP contribution is 2.47. The number of hydrogen-bond donors (Lipinski definition) is 5. The lowest BCUT2D eigenvalue weighted by Gasteiger charge is -2.46. The summed E-state index contributed by atoms with van der Waals surface area (Å²) in [5, 5.41) is 39.5. The van der Waals surface area contributed by atoms with Gasteiger partial charge in [0.1, 0.15) is 30.6 Å². The number of rotatable bonds is 8. The van der Waals surface area contributed by atoms with E-state index in [0.717, 1.165) is 16.4 Å². The number of aliphatic hydroxyl groups excluding tert-OH is 1. The van der Waals surface area contributed by atoms with Crippen LogP contribution in [0.4, 0.5) is 5.13 Å². The van der Waals surface area contributed by atoms with Crippen molar-refractivity contribution in [2.24, 2.45) is 17.0 Å². The van der Waals surface area contributed by atoms with E-state index in [4.69, 9.17) is 15.4 Å². The fraction of sp³-hybridized carbons (Fsp3) is 0.565. The van der Waals surface area contributed by atoms with Gasteiger partial charge in [0.05, 0.1) is 24.0 Å². The van der Waals surface area contributed by atoms with Crippen molar-refractivity contribution in [3.8, 4) is 0 Å². The number of fused-ring (bicyclic) bond motifs is 1. The number of carboxylic acids is 1. The number of carbonyl (C=O) groups excluding carboxylic acids is 3. The summed E-state index contributed by atoms with van der Waals surface area (Å²) in [5.41, 5.74) is 6.11. The van der Waals surface area contributed by atoms with Crippen LogP contribution in [0.25, 0.3) is 0 Å². The summed E-state index contributed by atoms with van der Waals surface area (Å²) >= 11 is 2.44. The molecule has 1 amide bonds. The topological polar surface area (TPSA) is 217 Å². The second-order valence-electron chi connectivity index (χ2n) is 9.88.